The molecule has 0 saturated carbocycles. The van der Waals surface area contributed by atoms with Crippen LogP contribution in [0.3, 0.4) is 0 Å². The third-order valence-corrected chi connectivity index (χ3v) is 3.13. The number of thioether (sulfide) groups is 1. The van der Waals surface area contributed by atoms with Crippen molar-refractivity contribution in [3.05, 3.63) is 17.9 Å². The van der Waals surface area contributed by atoms with Crippen LogP contribution < -0.4 is 16.0 Å². The fourth-order valence-electron chi connectivity index (χ4n) is 1.26. The molecule has 9 heteroatoms. The molecule has 0 fully saturated rings. The summed E-state index contributed by atoms with van der Waals surface area (Å²) in [4.78, 5) is 23.4. The number of amides is 1. The lowest BCUT2D eigenvalue weighted by Gasteiger charge is -2.07. The summed E-state index contributed by atoms with van der Waals surface area (Å²) in [6, 6.07) is 0. The van der Waals surface area contributed by atoms with E-state index >= 15 is 0 Å². The van der Waals surface area contributed by atoms with Gasteiger partial charge in [0.2, 0.25) is 17.2 Å². The van der Waals surface area contributed by atoms with E-state index in [1.807, 2.05) is 6.92 Å². The number of carbonyl (C=O) groups excluding carboxylic acids is 1. The normalized spacial score (nSPS) is 10.0. The van der Waals surface area contributed by atoms with E-state index in [0.29, 0.717) is 37.3 Å². The summed E-state index contributed by atoms with van der Waals surface area (Å²) < 4.78 is 0. The summed E-state index contributed by atoms with van der Waals surface area (Å²) in [6.07, 6.45) is 2.62. The van der Waals surface area contributed by atoms with E-state index < -0.39 is 0 Å². The predicted molar refractivity (Wildman–Crippen MR) is 88.2 cm³/mol. The van der Waals surface area contributed by atoms with Gasteiger partial charge in [0.15, 0.2) is 0 Å². The molecule has 0 aliphatic rings. The highest BCUT2D eigenvalue weighted by Gasteiger charge is 2.05. The Morgan fingerprint density at radius 3 is 2.67 bits per heavy atom. The number of nitrogens with one attached hydrogen (secondary N) is 3. The maximum atomic E-state index is 11.4. The largest absolute Gasteiger partial charge is 0.353 e. The summed E-state index contributed by atoms with van der Waals surface area (Å²) in [5, 5.41) is 8.80. The van der Waals surface area contributed by atoms with Crippen LogP contribution in [0, 0.1) is 0 Å². The summed E-state index contributed by atoms with van der Waals surface area (Å²) in [5.41, 5.74) is 0. The van der Waals surface area contributed by atoms with Crippen LogP contribution in [0.2, 0.25) is 5.28 Å². The summed E-state index contributed by atoms with van der Waals surface area (Å²) >= 11 is 7.02. The Balaban J connectivity index is 2.35. The second-order valence-corrected chi connectivity index (χ2v) is 5.32. The van der Waals surface area contributed by atoms with Gasteiger partial charge >= 0.3 is 0 Å². The molecule has 0 spiro atoms. The van der Waals surface area contributed by atoms with Gasteiger partial charge in [0.25, 0.3) is 5.24 Å². The monoisotopic (exact) mass is 330 g/mol. The molecular weight excluding hydrogens is 312 g/mol. The van der Waals surface area contributed by atoms with Crippen molar-refractivity contribution in [3.8, 4) is 0 Å². The third kappa shape index (κ3) is 7.72. The second kappa shape index (κ2) is 10.2. The van der Waals surface area contributed by atoms with E-state index in [-0.39, 0.29) is 10.5 Å². The Bertz CT molecular complexity index is 473. The lowest BCUT2D eigenvalue weighted by atomic mass is 10.5. The first-order valence-corrected chi connectivity index (χ1v) is 7.93. The predicted octanol–water partition coefficient (Wildman–Crippen LogP) is 2.39. The fraction of sp³-hybridized carbons (Fsp3) is 0.500. The van der Waals surface area contributed by atoms with Crippen molar-refractivity contribution in [2.24, 2.45) is 0 Å². The Hall–Kier alpha value is -1.54. The zero-order chi connectivity index (χ0) is 15.5. The standard InChI is InChI=1S/C12H19ClN6OS/c1-3-5-14-10-17-9(13)18-11(19-10)15-7-8-21-12(20)16-6-4-2/h3H,1,4-8H2,2H3,(H,16,20)(H2,14,15,17,18,19). The number of anilines is 2. The van der Waals surface area contributed by atoms with E-state index in [2.05, 4.69) is 37.5 Å². The van der Waals surface area contributed by atoms with E-state index in [4.69, 9.17) is 11.6 Å². The molecule has 0 bridgehead atoms. The van der Waals surface area contributed by atoms with Crippen molar-refractivity contribution in [3.63, 3.8) is 0 Å². The highest BCUT2D eigenvalue weighted by molar-refractivity contribution is 8.13. The van der Waals surface area contributed by atoms with Crippen molar-refractivity contribution in [1.82, 2.24) is 20.3 Å². The molecule has 0 atom stereocenters. The average Bonchev–Trinajstić information content (AvgIpc) is 2.47. The van der Waals surface area contributed by atoms with Gasteiger partial charge in [-0.2, -0.15) is 15.0 Å². The molecular formula is C12H19ClN6OS. The van der Waals surface area contributed by atoms with Gasteiger partial charge in [0, 0.05) is 25.4 Å². The number of carbonyl (C=O) groups is 1. The van der Waals surface area contributed by atoms with Crippen molar-refractivity contribution < 1.29 is 4.79 Å². The van der Waals surface area contributed by atoms with Gasteiger partial charge in [0.1, 0.15) is 0 Å². The first-order chi connectivity index (χ1) is 10.2. The average molecular weight is 331 g/mol. The molecule has 1 aromatic heterocycles. The zero-order valence-electron chi connectivity index (χ0n) is 11.9. The van der Waals surface area contributed by atoms with Gasteiger partial charge in [-0.3, -0.25) is 4.79 Å². The van der Waals surface area contributed by atoms with Gasteiger partial charge in [-0.1, -0.05) is 24.8 Å². The molecule has 1 heterocycles. The molecule has 0 aromatic carbocycles. The molecule has 1 aromatic rings. The smallest absolute Gasteiger partial charge is 0.279 e. The number of hydrogen-bond donors (Lipinski definition) is 3. The molecule has 0 saturated heterocycles. The molecule has 1 rings (SSSR count). The van der Waals surface area contributed by atoms with Crippen LogP contribution in [0.4, 0.5) is 16.7 Å². The molecule has 0 radical (unpaired) electrons. The highest BCUT2D eigenvalue weighted by atomic mass is 35.5. The number of halogens is 1. The van der Waals surface area contributed by atoms with Crippen molar-refractivity contribution in [2.75, 3.05) is 36.0 Å². The fourth-order valence-corrected chi connectivity index (χ4v) is 2.01. The molecule has 0 unspecified atom stereocenters. The highest BCUT2D eigenvalue weighted by Crippen LogP contribution is 2.09. The molecule has 1 amide bonds. The maximum Gasteiger partial charge on any atom is 0.279 e. The lowest BCUT2D eigenvalue weighted by Crippen LogP contribution is -2.20. The Morgan fingerprint density at radius 2 is 2.00 bits per heavy atom. The Labute approximate surface area is 133 Å². The molecule has 116 valence electrons. The van der Waals surface area contributed by atoms with Gasteiger partial charge in [0.05, 0.1) is 0 Å². The van der Waals surface area contributed by atoms with Gasteiger partial charge < -0.3 is 16.0 Å². The van der Waals surface area contributed by atoms with Crippen LogP contribution >= 0.6 is 23.4 Å². The molecule has 0 aliphatic carbocycles. The molecule has 7 nitrogen and oxygen atoms in total. The molecule has 0 aliphatic heterocycles. The van der Waals surface area contributed by atoms with Crippen molar-refractivity contribution in [1.29, 1.82) is 0 Å². The summed E-state index contributed by atoms with van der Waals surface area (Å²) in [6.45, 7) is 7.38. The van der Waals surface area contributed by atoms with Crippen LogP contribution in [-0.4, -0.2) is 45.6 Å². The van der Waals surface area contributed by atoms with E-state index in [0.717, 1.165) is 6.42 Å². The number of nitrogens with zero attached hydrogens (tertiary/aromatic N) is 3. The first kappa shape index (κ1) is 17.5. The topological polar surface area (TPSA) is 91.8 Å². The zero-order valence-corrected chi connectivity index (χ0v) is 13.4. The Morgan fingerprint density at radius 1 is 1.29 bits per heavy atom. The van der Waals surface area contributed by atoms with Crippen LogP contribution in [-0.2, 0) is 0 Å². The van der Waals surface area contributed by atoms with E-state index in [9.17, 15) is 4.79 Å². The van der Waals surface area contributed by atoms with Gasteiger partial charge in [-0.25, -0.2) is 0 Å². The minimum atomic E-state index is -0.0272. The molecule has 21 heavy (non-hydrogen) atoms. The van der Waals surface area contributed by atoms with Gasteiger partial charge in [-0.15, -0.1) is 6.58 Å². The summed E-state index contributed by atoms with van der Waals surface area (Å²) in [7, 11) is 0. The van der Waals surface area contributed by atoms with E-state index in [1.165, 1.54) is 11.8 Å². The quantitative estimate of drug-likeness (QED) is 0.473. The minimum Gasteiger partial charge on any atom is -0.353 e. The lowest BCUT2D eigenvalue weighted by molar-refractivity contribution is 0.260. The van der Waals surface area contributed by atoms with Gasteiger partial charge in [-0.05, 0) is 18.0 Å². The maximum absolute atomic E-state index is 11.4. The van der Waals surface area contributed by atoms with Crippen molar-refractivity contribution >= 4 is 40.5 Å². The Kier molecular flexibility index (Phi) is 8.53. The molecule has 3 N–H and O–H groups in total. The minimum absolute atomic E-state index is 0.0272. The van der Waals surface area contributed by atoms with Crippen LogP contribution in [0.5, 0.6) is 0 Å². The number of hydrogen-bond acceptors (Lipinski definition) is 7. The first-order valence-electron chi connectivity index (χ1n) is 6.56. The van der Waals surface area contributed by atoms with Crippen LogP contribution in [0.15, 0.2) is 12.7 Å². The van der Waals surface area contributed by atoms with Crippen LogP contribution in [0.25, 0.3) is 0 Å². The van der Waals surface area contributed by atoms with Crippen LogP contribution in [0.1, 0.15) is 13.3 Å². The second-order valence-electron chi connectivity index (χ2n) is 3.91. The number of rotatable bonds is 9. The van der Waals surface area contributed by atoms with Crippen molar-refractivity contribution in [2.45, 2.75) is 13.3 Å². The SMILES string of the molecule is C=CCNc1nc(Cl)nc(NCCSC(=O)NCCC)n1. The van der Waals surface area contributed by atoms with E-state index in [1.54, 1.807) is 6.08 Å². The summed E-state index contributed by atoms with van der Waals surface area (Å²) in [5.74, 6) is 1.36. The third-order valence-electron chi connectivity index (χ3n) is 2.15. The number of aromatic nitrogens is 3.